The van der Waals surface area contributed by atoms with Gasteiger partial charge >= 0.3 is 5.97 Å². The lowest BCUT2D eigenvalue weighted by molar-refractivity contribution is -0.138. The third-order valence-electron chi connectivity index (χ3n) is 2.93. The van der Waals surface area contributed by atoms with Crippen LogP contribution in [0.15, 0.2) is 0 Å². The van der Waals surface area contributed by atoms with Crippen molar-refractivity contribution in [2.75, 3.05) is 37.8 Å². The van der Waals surface area contributed by atoms with Crippen LogP contribution in [0.3, 0.4) is 0 Å². The second-order valence-electron chi connectivity index (χ2n) is 4.44. The Morgan fingerprint density at radius 3 is 2.63 bits per heavy atom. The summed E-state index contributed by atoms with van der Waals surface area (Å²) in [7, 11) is 0. The molecule has 0 aliphatic carbocycles. The van der Waals surface area contributed by atoms with Crippen LogP contribution in [0.25, 0.3) is 0 Å². The second kappa shape index (κ2) is 9.17. The third kappa shape index (κ3) is 6.79. The molecule has 0 aromatic carbocycles. The van der Waals surface area contributed by atoms with Gasteiger partial charge in [0.25, 0.3) is 0 Å². The van der Waals surface area contributed by atoms with E-state index < -0.39 is 12.0 Å². The van der Waals surface area contributed by atoms with Crippen LogP contribution in [-0.2, 0) is 14.3 Å². The minimum Gasteiger partial charge on any atom is -0.480 e. The van der Waals surface area contributed by atoms with Crippen LogP contribution < -0.4 is 5.73 Å². The molecule has 6 nitrogen and oxygen atoms in total. The number of amides is 1. The van der Waals surface area contributed by atoms with Crippen LogP contribution in [0.1, 0.15) is 19.3 Å². The average molecular weight is 290 g/mol. The Morgan fingerprint density at radius 2 is 2.00 bits per heavy atom. The number of hydrogen-bond acceptors (Lipinski definition) is 5. The Hall–Kier alpha value is -0.790. The third-order valence-corrected chi connectivity index (χ3v) is 4.04. The van der Waals surface area contributed by atoms with Crippen molar-refractivity contribution < 1.29 is 19.4 Å². The average Bonchev–Trinajstić information content (AvgIpc) is 2.42. The number of nitrogens with two attached hydrogens (primary N) is 1. The fourth-order valence-electron chi connectivity index (χ4n) is 1.73. The highest BCUT2D eigenvalue weighted by molar-refractivity contribution is 7.99. The largest absolute Gasteiger partial charge is 0.480 e. The molecule has 110 valence electrons. The smallest absolute Gasteiger partial charge is 0.320 e. The van der Waals surface area contributed by atoms with Crippen LogP contribution in [0, 0.1) is 0 Å². The zero-order chi connectivity index (χ0) is 14.1. The van der Waals surface area contributed by atoms with E-state index in [1.54, 1.807) is 11.8 Å². The number of carboxylic acid groups (broad SMARTS) is 1. The molecule has 7 heteroatoms. The van der Waals surface area contributed by atoms with Gasteiger partial charge in [-0.25, -0.2) is 0 Å². The van der Waals surface area contributed by atoms with E-state index in [1.165, 1.54) is 0 Å². The summed E-state index contributed by atoms with van der Waals surface area (Å²) >= 11 is 1.65. The maximum Gasteiger partial charge on any atom is 0.320 e. The van der Waals surface area contributed by atoms with Crippen molar-refractivity contribution >= 4 is 23.6 Å². The van der Waals surface area contributed by atoms with E-state index in [-0.39, 0.29) is 5.91 Å². The highest BCUT2D eigenvalue weighted by atomic mass is 32.2. The molecule has 1 unspecified atom stereocenters. The first-order valence-corrected chi connectivity index (χ1v) is 7.68. The highest BCUT2D eigenvalue weighted by Gasteiger charge is 2.16. The molecule has 1 rings (SSSR count). The fraction of sp³-hybridized carbons (Fsp3) is 0.833. The number of rotatable bonds is 8. The van der Waals surface area contributed by atoms with Crippen molar-refractivity contribution in [3.8, 4) is 0 Å². The van der Waals surface area contributed by atoms with Crippen molar-refractivity contribution in [3.63, 3.8) is 0 Å². The number of carboxylic acids is 1. The van der Waals surface area contributed by atoms with Gasteiger partial charge in [-0.1, -0.05) is 0 Å². The lowest BCUT2D eigenvalue weighted by Gasteiger charge is -2.26. The van der Waals surface area contributed by atoms with Crippen LogP contribution in [0.5, 0.6) is 0 Å². The molecule has 1 aliphatic heterocycles. The summed E-state index contributed by atoms with van der Waals surface area (Å²) in [5, 5.41) is 8.61. The molecule has 0 aromatic heterocycles. The number of thioether (sulfide) groups is 1. The van der Waals surface area contributed by atoms with Crippen LogP contribution in [0.4, 0.5) is 0 Å². The second-order valence-corrected chi connectivity index (χ2v) is 5.67. The summed E-state index contributed by atoms with van der Waals surface area (Å²) in [5.74, 6) is 0.816. The number of morpholine rings is 1. The topological polar surface area (TPSA) is 92.9 Å². The normalized spacial score (nSPS) is 17.2. The summed E-state index contributed by atoms with van der Waals surface area (Å²) in [5.41, 5.74) is 5.39. The summed E-state index contributed by atoms with van der Waals surface area (Å²) in [4.78, 5) is 24.1. The number of carbonyl (C=O) groups excluding carboxylic acids is 1. The lowest BCUT2D eigenvalue weighted by Crippen LogP contribution is -2.40. The van der Waals surface area contributed by atoms with E-state index in [0.717, 1.165) is 17.9 Å². The highest BCUT2D eigenvalue weighted by Crippen LogP contribution is 2.09. The molecular weight excluding hydrogens is 268 g/mol. The molecule has 1 aliphatic rings. The molecule has 1 fully saturated rings. The monoisotopic (exact) mass is 290 g/mol. The molecule has 1 amide bonds. The predicted molar refractivity (Wildman–Crippen MR) is 74.2 cm³/mol. The van der Waals surface area contributed by atoms with Gasteiger partial charge in [0.15, 0.2) is 0 Å². The zero-order valence-electron chi connectivity index (χ0n) is 11.0. The van der Waals surface area contributed by atoms with E-state index in [9.17, 15) is 9.59 Å². The minimum absolute atomic E-state index is 0.186. The molecule has 0 spiro atoms. The van der Waals surface area contributed by atoms with Gasteiger partial charge in [-0.05, 0) is 24.3 Å². The quantitative estimate of drug-likeness (QED) is 0.619. The van der Waals surface area contributed by atoms with Crippen molar-refractivity contribution in [2.45, 2.75) is 25.3 Å². The Morgan fingerprint density at radius 1 is 1.32 bits per heavy atom. The zero-order valence-corrected chi connectivity index (χ0v) is 11.9. The van der Waals surface area contributed by atoms with Crippen LogP contribution >= 0.6 is 11.8 Å². The standard InChI is InChI=1S/C12H22N2O4S/c13-10(12(16)17)3-9-19-8-1-2-11(15)14-4-6-18-7-5-14/h10H,1-9,13H2,(H,16,17). The van der Waals surface area contributed by atoms with Crippen LogP contribution in [0.2, 0.25) is 0 Å². The molecule has 1 saturated heterocycles. The Bertz CT molecular complexity index is 295. The maximum atomic E-state index is 11.8. The number of aliphatic carboxylic acids is 1. The SMILES string of the molecule is NC(CCSCCCC(=O)N1CCOCC1)C(=O)O. The minimum atomic E-state index is -0.955. The predicted octanol–water partition coefficient (Wildman–Crippen LogP) is 0.161. The summed E-state index contributed by atoms with van der Waals surface area (Å²) in [6.07, 6.45) is 1.85. The molecule has 0 radical (unpaired) electrons. The van der Waals surface area contributed by atoms with Gasteiger partial charge in [-0.15, -0.1) is 0 Å². The summed E-state index contributed by atoms with van der Waals surface area (Å²) in [6.45, 7) is 2.65. The molecule has 3 N–H and O–H groups in total. The lowest BCUT2D eigenvalue weighted by atomic mass is 10.2. The number of ether oxygens (including phenoxy) is 1. The van der Waals surface area contributed by atoms with E-state index in [4.69, 9.17) is 15.6 Å². The molecule has 1 atom stereocenters. The van der Waals surface area contributed by atoms with Crippen LogP contribution in [-0.4, -0.2) is 65.7 Å². The maximum absolute atomic E-state index is 11.8. The van der Waals surface area contributed by atoms with E-state index >= 15 is 0 Å². The van der Waals surface area contributed by atoms with E-state index in [1.807, 2.05) is 4.90 Å². The molecule has 0 bridgehead atoms. The summed E-state index contributed by atoms with van der Waals surface area (Å²) in [6, 6.07) is -0.775. The van der Waals surface area contributed by atoms with Gasteiger partial charge in [0.2, 0.25) is 5.91 Å². The Kier molecular flexibility index (Phi) is 7.85. The van der Waals surface area contributed by atoms with Gasteiger partial charge in [0, 0.05) is 19.5 Å². The Balaban J connectivity index is 1.98. The molecule has 0 aromatic rings. The van der Waals surface area contributed by atoms with E-state index in [2.05, 4.69) is 0 Å². The first-order valence-electron chi connectivity index (χ1n) is 6.53. The van der Waals surface area contributed by atoms with Crippen molar-refractivity contribution in [2.24, 2.45) is 5.73 Å². The van der Waals surface area contributed by atoms with Crippen molar-refractivity contribution in [1.82, 2.24) is 4.90 Å². The first kappa shape index (κ1) is 16.3. The van der Waals surface area contributed by atoms with E-state index in [0.29, 0.717) is 39.1 Å². The summed E-state index contributed by atoms with van der Waals surface area (Å²) < 4.78 is 5.19. The fourth-order valence-corrected chi connectivity index (χ4v) is 2.71. The molecule has 0 saturated carbocycles. The van der Waals surface area contributed by atoms with Gasteiger partial charge in [-0.3, -0.25) is 9.59 Å². The molecule has 1 heterocycles. The van der Waals surface area contributed by atoms with Gasteiger partial charge in [0.05, 0.1) is 13.2 Å². The van der Waals surface area contributed by atoms with Gasteiger partial charge in [0.1, 0.15) is 6.04 Å². The number of hydrogen-bond donors (Lipinski definition) is 2. The van der Waals surface area contributed by atoms with Crippen molar-refractivity contribution in [3.05, 3.63) is 0 Å². The van der Waals surface area contributed by atoms with Gasteiger partial charge < -0.3 is 20.5 Å². The number of nitrogens with zero attached hydrogens (tertiary/aromatic N) is 1. The van der Waals surface area contributed by atoms with Gasteiger partial charge in [-0.2, -0.15) is 11.8 Å². The Labute approximate surface area is 117 Å². The molecular formula is C12H22N2O4S. The number of carbonyl (C=O) groups is 2. The van der Waals surface area contributed by atoms with Crippen molar-refractivity contribution in [1.29, 1.82) is 0 Å². The first-order chi connectivity index (χ1) is 9.11. The molecule has 19 heavy (non-hydrogen) atoms.